The molecule has 0 aromatic carbocycles. The van der Waals surface area contributed by atoms with E-state index in [9.17, 15) is 4.79 Å². The molecule has 130 valence electrons. The van der Waals surface area contributed by atoms with Crippen LogP contribution in [-0.4, -0.2) is 37.7 Å². The van der Waals surface area contributed by atoms with E-state index in [0.29, 0.717) is 0 Å². The standard InChI is InChI=1S/C17H34O4Si/c1-8-13(21-22(6,7)17(3,4)5)11-14-9-10-15(20-14)12(2)16(18)19/h12-15H,8-11H2,1-7H3,(H,18,19)/t12-,13+,14+,15-/m0/s1. The average Bonchev–Trinajstić information content (AvgIpc) is 2.83. The van der Waals surface area contributed by atoms with Crippen LogP contribution >= 0.6 is 0 Å². The minimum absolute atomic E-state index is 0.140. The highest BCUT2D eigenvalue weighted by Crippen LogP contribution is 2.39. The van der Waals surface area contributed by atoms with Crippen LogP contribution in [0.25, 0.3) is 0 Å². The lowest BCUT2D eigenvalue weighted by Gasteiger charge is -2.39. The Morgan fingerprint density at radius 3 is 2.41 bits per heavy atom. The third-order valence-electron chi connectivity index (χ3n) is 5.34. The molecule has 0 saturated carbocycles. The van der Waals surface area contributed by atoms with Gasteiger partial charge >= 0.3 is 5.97 Å². The number of carbonyl (C=O) groups is 1. The molecule has 1 N–H and O–H groups in total. The van der Waals surface area contributed by atoms with Crippen LogP contribution < -0.4 is 0 Å². The molecule has 5 heteroatoms. The van der Waals surface area contributed by atoms with Gasteiger partial charge in [-0.1, -0.05) is 27.7 Å². The van der Waals surface area contributed by atoms with Crippen molar-refractivity contribution in [2.24, 2.45) is 5.92 Å². The summed E-state index contributed by atoms with van der Waals surface area (Å²) in [6.07, 6.45) is 3.85. The number of hydrogen-bond donors (Lipinski definition) is 1. The van der Waals surface area contributed by atoms with Crippen molar-refractivity contribution in [3.63, 3.8) is 0 Å². The maximum atomic E-state index is 11.1. The van der Waals surface area contributed by atoms with Crippen LogP contribution in [0, 0.1) is 5.92 Å². The number of carboxylic acid groups (broad SMARTS) is 1. The zero-order chi connectivity index (χ0) is 17.1. The van der Waals surface area contributed by atoms with Gasteiger partial charge in [-0.15, -0.1) is 0 Å². The summed E-state index contributed by atoms with van der Waals surface area (Å²) in [5, 5.41) is 9.31. The highest BCUT2D eigenvalue weighted by molar-refractivity contribution is 6.74. The quantitative estimate of drug-likeness (QED) is 0.701. The van der Waals surface area contributed by atoms with Crippen molar-refractivity contribution in [1.29, 1.82) is 0 Å². The lowest BCUT2D eigenvalue weighted by Crippen LogP contribution is -2.44. The highest BCUT2D eigenvalue weighted by Gasteiger charge is 2.40. The summed E-state index contributed by atoms with van der Waals surface area (Å²) in [6.45, 7) is 15.2. The van der Waals surface area contributed by atoms with E-state index < -0.39 is 20.2 Å². The molecule has 0 aromatic rings. The summed E-state index contributed by atoms with van der Waals surface area (Å²) in [5.74, 6) is -1.19. The van der Waals surface area contributed by atoms with E-state index in [1.807, 2.05) is 0 Å². The molecule has 1 rings (SSSR count). The van der Waals surface area contributed by atoms with E-state index in [1.54, 1.807) is 6.92 Å². The zero-order valence-corrected chi connectivity index (χ0v) is 16.3. The van der Waals surface area contributed by atoms with Gasteiger partial charge in [0.15, 0.2) is 8.32 Å². The molecule has 4 nitrogen and oxygen atoms in total. The van der Waals surface area contributed by atoms with Crippen molar-refractivity contribution < 1.29 is 19.1 Å². The molecule has 4 atom stereocenters. The molecular formula is C17H34O4Si. The summed E-state index contributed by atoms with van der Waals surface area (Å²) in [7, 11) is -1.77. The van der Waals surface area contributed by atoms with Crippen molar-refractivity contribution in [3.05, 3.63) is 0 Å². The largest absolute Gasteiger partial charge is 0.481 e. The molecule has 0 radical (unpaired) electrons. The molecule has 1 aliphatic rings. The van der Waals surface area contributed by atoms with Gasteiger partial charge < -0.3 is 14.3 Å². The zero-order valence-electron chi connectivity index (χ0n) is 15.3. The van der Waals surface area contributed by atoms with E-state index in [2.05, 4.69) is 40.8 Å². The Morgan fingerprint density at radius 2 is 1.95 bits per heavy atom. The molecule has 0 aliphatic carbocycles. The Morgan fingerprint density at radius 1 is 1.36 bits per heavy atom. The third kappa shape index (κ3) is 5.07. The Labute approximate surface area is 136 Å². The number of ether oxygens (including phenoxy) is 1. The van der Waals surface area contributed by atoms with Crippen molar-refractivity contribution in [3.8, 4) is 0 Å². The second kappa shape index (κ2) is 7.45. The minimum Gasteiger partial charge on any atom is -0.481 e. The molecule has 1 fully saturated rings. The van der Waals surface area contributed by atoms with E-state index in [4.69, 9.17) is 14.3 Å². The van der Waals surface area contributed by atoms with Crippen molar-refractivity contribution in [1.82, 2.24) is 0 Å². The third-order valence-corrected chi connectivity index (χ3v) is 9.87. The van der Waals surface area contributed by atoms with Gasteiger partial charge in [0.25, 0.3) is 0 Å². The molecule has 1 saturated heterocycles. The predicted octanol–water partition coefficient (Wildman–Crippen LogP) is 4.45. The molecule has 1 aliphatic heterocycles. The average molecular weight is 331 g/mol. The molecule has 0 amide bonds. The Balaban J connectivity index is 2.56. The normalized spacial score (nSPS) is 26.0. The van der Waals surface area contributed by atoms with Gasteiger partial charge in [0, 0.05) is 6.10 Å². The smallest absolute Gasteiger partial charge is 0.308 e. The van der Waals surface area contributed by atoms with Crippen LogP contribution in [0.2, 0.25) is 18.1 Å². The molecule has 0 aromatic heterocycles. The fourth-order valence-electron chi connectivity index (χ4n) is 2.62. The van der Waals surface area contributed by atoms with Crippen LogP contribution in [0.1, 0.15) is 60.3 Å². The number of aliphatic carboxylic acids is 1. The van der Waals surface area contributed by atoms with Crippen LogP contribution in [0.3, 0.4) is 0 Å². The fraction of sp³-hybridized carbons (Fsp3) is 0.941. The van der Waals surface area contributed by atoms with E-state index >= 15 is 0 Å². The minimum atomic E-state index is -1.77. The van der Waals surface area contributed by atoms with Gasteiger partial charge in [-0.05, 0) is 50.7 Å². The molecule has 1 heterocycles. The number of hydrogen-bond acceptors (Lipinski definition) is 3. The molecule has 0 spiro atoms. The highest BCUT2D eigenvalue weighted by atomic mass is 28.4. The van der Waals surface area contributed by atoms with Crippen LogP contribution in [0.15, 0.2) is 0 Å². The van der Waals surface area contributed by atoms with Gasteiger partial charge in [0.1, 0.15) is 0 Å². The van der Waals surface area contributed by atoms with Gasteiger partial charge in [0.2, 0.25) is 0 Å². The van der Waals surface area contributed by atoms with E-state index in [0.717, 1.165) is 25.7 Å². The fourth-order valence-corrected chi connectivity index (χ4v) is 4.07. The summed E-state index contributed by atoms with van der Waals surface area (Å²) < 4.78 is 12.5. The number of rotatable bonds is 7. The van der Waals surface area contributed by atoms with Crippen molar-refractivity contribution in [2.45, 2.75) is 96.7 Å². The van der Waals surface area contributed by atoms with Gasteiger partial charge in [-0.2, -0.15) is 0 Å². The summed E-state index contributed by atoms with van der Waals surface area (Å²) >= 11 is 0. The number of carboxylic acids is 1. The lowest BCUT2D eigenvalue weighted by molar-refractivity contribution is -0.146. The van der Waals surface area contributed by atoms with Gasteiger partial charge in [0.05, 0.1) is 18.1 Å². The van der Waals surface area contributed by atoms with Crippen LogP contribution in [0.5, 0.6) is 0 Å². The summed E-state index contributed by atoms with van der Waals surface area (Å²) in [6, 6.07) is 0. The molecule has 0 unspecified atom stereocenters. The maximum absolute atomic E-state index is 11.1. The first-order valence-electron chi connectivity index (χ1n) is 8.54. The van der Waals surface area contributed by atoms with Gasteiger partial charge in [-0.3, -0.25) is 4.79 Å². The van der Waals surface area contributed by atoms with Crippen molar-refractivity contribution in [2.75, 3.05) is 0 Å². The second-order valence-corrected chi connectivity index (χ2v) is 12.9. The Bertz CT molecular complexity index is 375. The molecule has 0 bridgehead atoms. The van der Waals surface area contributed by atoms with E-state index in [1.165, 1.54) is 0 Å². The Kier molecular flexibility index (Phi) is 6.66. The predicted molar refractivity (Wildman–Crippen MR) is 91.7 cm³/mol. The monoisotopic (exact) mass is 330 g/mol. The summed E-state index contributed by atoms with van der Waals surface area (Å²) in [5.41, 5.74) is 0. The maximum Gasteiger partial charge on any atom is 0.308 e. The van der Waals surface area contributed by atoms with Crippen LogP contribution in [-0.2, 0) is 14.0 Å². The van der Waals surface area contributed by atoms with Crippen LogP contribution in [0.4, 0.5) is 0 Å². The van der Waals surface area contributed by atoms with E-state index in [-0.39, 0.29) is 23.4 Å². The SMILES string of the molecule is CC[C@H](C[C@H]1CC[C@@H]([C@H](C)C(=O)O)O1)O[Si](C)(C)C(C)(C)C. The topological polar surface area (TPSA) is 55.8 Å². The lowest BCUT2D eigenvalue weighted by atomic mass is 10.0. The van der Waals surface area contributed by atoms with Gasteiger partial charge in [-0.25, -0.2) is 0 Å². The first kappa shape index (κ1) is 19.7. The summed E-state index contributed by atoms with van der Waals surface area (Å²) in [4.78, 5) is 11.1. The van der Waals surface area contributed by atoms with Crippen molar-refractivity contribution >= 4 is 14.3 Å². The Hall–Kier alpha value is -0.393. The molecular weight excluding hydrogens is 296 g/mol. The molecule has 22 heavy (non-hydrogen) atoms. The first-order valence-corrected chi connectivity index (χ1v) is 11.4. The first-order chi connectivity index (χ1) is 9.98. The second-order valence-electron chi connectivity index (χ2n) is 8.14.